The quantitative estimate of drug-likeness (QED) is 0.805. The predicted molar refractivity (Wildman–Crippen MR) is 52.7 cm³/mol. The number of rotatable bonds is 3. The minimum absolute atomic E-state index is 0.721. The van der Waals surface area contributed by atoms with Crippen molar-refractivity contribution in [2.45, 2.75) is 13.5 Å². The second-order valence-corrected chi connectivity index (χ2v) is 3.47. The van der Waals surface area contributed by atoms with Crippen molar-refractivity contribution in [1.29, 1.82) is 0 Å². The van der Waals surface area contributed by atoms with E-state index < -0.39 is 0 Å². The number of hydrogen-bond donors (Lipinski definition) is 1. The molecule has 0 bridgehead atoms. The van der Waals surface area contributed by atoms with E-state index in [2.05, 4.69) is 40.5 Å². The Balaban J connectivity index is 2.75. The van der Waals surface area contributed by atoms with E-state index in [0.717, 1.165) is 11.0 Å². The minimum Gasteiger partial charge on any atom is -0.305 e. The van der Waals surface area contributed by atoms with Gasteiger partial charge in [0.15, 0.2) is 0 Å². The van der Waals surface area contributed by atoms with Gasteiger partial charge in [0.25, 0.3) is 0 Å². The zero-order valence-electron chi connectivity index (χ0n) is 7.23. The van der Waals surface area contributed by atoms with Crippen LogP contribution in [-0.4, -0.2) is 7.11 Å². The first kappa shape index (κ1) is 9.71. The van der Waals surface area contributed by atoms with Gasteiger partial charge in [0, 0.05) is 11.0 Å². The molecule has 0 heterocycles. The van der Waals surface area contributed by atoms with Crippen LogP contribution in [0.15, 0.2) is 22.7 Å². The number of hydroxylamine groups is 1. The lowest BCUT2D eigenvalue weighted by molar-refractivity contribution is 0.0866. The van der Waals surface area contributed by atoms with Gasteiger partial charge < -0.3 is 4.84 Å². The third kappa shape index (κ3) is 2.59. The summed E-state index contributed by atoms with van der Waals surface area (Å²) in [5, 5.41) is 0. The van der Waals surface area contributed by atoms with Gasteiger partial charge in [-0.15, -0.1) is 0 Å². The van der Waals surface area contributed by atoms with Gasteiger partial charge in [0.2, 0.25) is 0 Å². The molecule has 12 heavy (non-hydrogen) atoms. The van der Waals surface area contributed by atoms with Gasteiger partial charge in [-0.3, -0.25) is 0 Å². The minimum atomic E-state index is 0.721. The fraction of sp³-hybridized carbons (Fsp3) is 0.333. The van der Waals surface area contributed by atoms with Crippen molar-refractivity contribution in [2.75, 3.05) is 7.11 Å². The molecule has 0 aromatic heterocycles. The van der Waals surface area contributed by atoms with Crippen molar-refractivity contribution < 1.29 is 4.84 Å². The van der Waals surface area contributed by atoms with E-state index in [1.807, 2.05) is 6.07 Å². The monoisotopic (exact) mass is 229 g/mol. The van der Waals surface area contributed by atoms with Crippen LogP contribution >= 0.6 is 15.9 Å². The van der Waals surface area contributed by atoms with E-state index in [1.165, 1.54) is 11.1 Å². The SMILES string of the molecule is CONCc1cc(C)ccc1Br. The summed E-state index contributed by atoms with van der Waals surface area (Å²) in [6.45, 7) is 2.79. The molecule has 0 atom stereocenters. The average molecular weight is 230 g/mol. The first-order chi connectivity index (χ1) is 5.74. The molecule has 1 N–H and O–H groups in total. The molecule has 0 radical (unpaired) electrons. The van der Waals surface area contributed by atoms with Crippen LogP contribution in [0.5, 0.6) is 0 Å². The first-order valence-electron chi connectivity index (χ1n) is 3.75. The van der Waals surface area contributed by atoms with Gasteiger partial charge in [-0.05, 0) is 18.6 Å². The van der Waals surface area contributed by atoms with Gasteiger partial charge in [-0.1, -0.05) is 33.6 Å². The van der Waals surface area contributed by atoms with Crippen molar-refractivity contribution in [3.63, 3.8) is 0 Å². The van der Waals surface area contributed by atoms with Crippen molar-refractivity contribution in [3.05, 3.63) is 33.8 Å². The number of aryl methyl sites for hydroxylation is 1. The fourth-order valence-corrected chi connectivity index (χ4v) is 1.38. The van der Waals surface area contributed by atoms with E-state index >= 15 is 0 Å². The summed E-state index contributed by atoms with van der Waals surface area (Å²) in [7, 11) is 1.61. The molecule has 2 nitrogen and oxygen atoms in total. The molecule has 0 aliphatic heterocycles. The highest BCUT2D eigenvalue weighted by molar-refractivity contribution is 9.10. The van der Waals surface area contributed by atoms with Gasteiger partial charge in [-0.25, -0.2) is 0 Å². The molecule has 0 aliphatic carbocycles. The van der Waals surface area contributed by atoms with Gasteiger partial charge in [-0.2, -0.15) is 5.48 Å². The third-order valence-corrected chi connectivity index (χ3v) is 2.38. The van der Waals surface area contributed by atoms with Crippen LogP contribution < -0.4 is 5.48 Å². The molecule has 1 rings (SSSR count). The molecule has 0 amide bonds. The summed E-state index contributed by atoms with van der Waals surface area (Å²) in [4.78, 5) is 4.77. The Labute approximate surface area is 81.0 Å². The molecule has 1 aromatic carbocycles. The van der Waals surface area contributed by atoms with Crippen LogP contribution in [0.3, 0.4) is 0 Å². The zero-order chi connectivity index (χ0) is 8.97. The van der Waals surface area contributed by atoms with E-state index in [1.54, 1.807) is 7.11 Å². The lowest BCUT2D eigenvalue weighted by Gasteiger charge is -2.05. The zero-order valence-corrected chi connectivity index (χ0v) is 8.81. The summed E-state index contributed by atoms with van der Waals surface area (Å²) >= 11 is 3.47. The summed E-state index contributed by atoms with van der Waals surface area (Å²) in [6.07, 6.45) is 0. The Kier molecular flexibility index (Phi) is 3.72. The third-order valence-electron chi connectivity index (χ3n) is 1.61. The van der Waals surface area contributed by atoms with Crippen molar-refractivity contribution >= 4 is 15.9 Å². The van der Waals surface area contributed by atoms with Gasteiger partial charge in [0.1, 0.15) is 0 Å². The maximum absolute atomic E-state index is 4.77. The highest BCUT2D eigenvalue weighted by Crippen LogP contribution is 2.17. The van der Waals surface area contributed by atoms with E-state index in [-0.39, 0.29) is 0 Å². The normalized spacial score (nSPS) is 10.2. The van der Waals surface area contributed by atoms with Crippen LogP contribution in [0.2, 0.25) is 0 Å². The Morgan fingerprint density at radius 3 is 2.92 bits per heavy atom. The van der Waals surface area contributed by atoms with Crippen molar-refractivity contribution in [3.8, 4) is 0 Å². The first-order valence-corrected chi connectivity index (χ1v) is 4.54. The standard InChI is InChI=1S/C9H12BrNO/c1-7-3-4-9(10)8(5-7)6-11-12-2/h3-5,11H,6H2,1-2H3. The molecule has 0 saturated heterocycles. The molecule has 66 valence electrons. The molecule has 0 unspecified atom stereocenters. The number of hydrogen-bond acceptors (Lipinski definition) is 2. The summed E-state index contributed by atoms with van der Waals surface area (Å²) < 4.78 is 1.11. The highest BCUT2D eigenvalue weighted by Gasteiger charge is 1.98. The number of benzene rings is 1. The summed E-state index contributed by atoms with van der Waals surface area (Å²) in [5.41, 5.74) is 5.26. The molecule has 1 aromatic rings. The van der Waals surface area contributed by atoms with E-state index in [0.29, 0.717) is 0 Å². The van der Waals surface area contributed by atoms with Crippen LogP contribution in [0.25, 0.3) is 0 Å². The van der Waals surface area contributed by atoms with Crippen LogP contribution in [0.4, 0.5) is 0 Å². The molecule has 0 aliphatic rings. The lowest BCUT2D eigenvalue weighted by Crippen LogP contribution is -2.11. The number of halogens is 1. The van der Waals surface area contributed by atoms with Crippen molar-refractivity contribution in [2.24, 2.45) is 0 Å². The second-order valence-electron chi connectivity index (χ2n) is 2.62. The lowest BCUT2D eigenvalue weighted by atomic mass is 10.1. The second kappa shape index (κ2) is 4.60. The maximum Gasteiger partial charge on any atom is 0.0572 e. The summed E-state index contributed by atoms with van der Waals surface area (Å²) in [6, 6.07) is 6.23. The average Bonchev–Trinajstić information content (AvgIpc) is 2.07. The highest BCUT2D eigenvalue weighted by atomic mass is 79.9. The smallest absolute Gasteiger partial charge is 0.0572 e. The number of nitrogens with one attached hydrogen (secondary N) is 1. The summed E-state index contributed by atoms with van der Waals surface area (Å²) in [5.74, 6) is 0. The Morgan fingerprint density at radius 1 is 1.50 bits per heavy atom. The van der Waals surface area contributed by atoms with Crippen molar-refractivity contribution in [1.82, 2.24) is 5.48 Å². The van der Waals surface area contributed by atoms with Crippen LogP contribution in [0, 0.1) is 6.92 Å². The Hall–Kier alpha value is -0.380. The van der Waals surface area contributed by atoms with E-state index in [9.17, 15) is 0 Å². The largest absolute Gasteiger partial charge is 0.305 e. The maximum atomic E-state index is 4.77. The molecular formula is C9H12BrNO. The topological polar surface area (TPSA) is 21.3 Å². The van der Waals surface area contributed by atoms with Gasteiger partial charge >= 0.3 is 0 Å². The molecule has 3 heteroatoms. The van der Waals surface area contributed by atoms with Crippen LogP contribution in [0.1, 0.15) is 11.1 Å². The van der Waals surface area contributed by atoms with E-state index in [4.69, 9.17) is 4.84 Å². The van der Waals surface area contributed by atoms with Gasteiger partial charge in [0.05, 0.1) is 7.11 Å². The fourth-order valence-electron chi connectivity index (χ4n) is 0.989. The predicted octanol–water partition coefficient (Wildman–Crippen LogP) is 2.41. The van der Waals surface area contributed by atoms with Crippen LogP contribution in [-0.2, 0) is 11.4 Å². The molecular weight excluding hydrogens is 218 g/mol. The molecule has 0 fully saturated rings. The molecule has 0 saturated carbocycles. The Morgan fingerprint density at radius 2 is 2.25 bits per heavy atom. The molecule has 0 spiro atoms. The Bertz CT molecular complexity index is 263.